The van der Waals surface area contributed by atoms with Gasteiger partial charge in [0.15, 0.2) is 0 Å². The number of ether oxygens (including phenoxy) is 1. The lowest BCUT2D eigenvalue weighted by Gasteiger charge is -2.37. The molecule has 4 atom stereocenters. The fourth-order valence-electron chi connectivity index (χ4n) is 3.33. The highest BCUT2D eigenvalue weighted by Crippen LogP contribution is 2.34. The van der Waals surface area contributed by atoms with Crippen LogP contribution in [0.15, 0.2) is 30.3 Å². The molecule has 2 rings (SSSR count). The molecule has 23 heavy (non-hydrogen) atoms. The van der Waals surface area contributed by atoms with Crippen LogP contribution < -0.4 is 0 Å². The standard InChI is InChI=1S/C20H30Br2O/c1-2-3-4-5-9-12-19-20(22)18(21)15-17(23-19)14-13-16-10-7-6-8-11-16/h6-8,10-11,17-20H,2-5,9,12-15H2,1H3/t17-,18+,19+,20-/m0/s1. The fraction of sp³-hybridized carbons (Fsp3) is 0.700. The molecule has 1 aromatic rings. The van der Waals surface area contributed by atoms with Gasteiger partial charge in [-0.15, -0.1) is 0 Å². The summed E-state index contributed by atoms with van der Waals surface area (Å²) in [6, 6.07) is 10.8. The summed E-state index contributed by atoms with van der Waals surface area (Å²) in [6.07, 6.45) is 11.9. The third kappa shape index (κ3) is 6.88. The second kappa shape index (κ2) is 10.9. The van der Waals surface area contributed by atoms with Gasteiger partial charge in [-0.25, -0.2) is 0 Å². The maximum Gasteiger partial charge on any atom is 0.0714 e. The second-order valence-corrected chi connectivity index (χ2v) is 8.95. The fourth-order valence-corrected chi connectivity index (χ4v) is 4.69. The van der Waals surface area contributed by atoms with Gasteiger partial charge in [-0.3, -0.25) is 0 Å². The average molecular weight is 446 g/mol. The van der Waals surface area contributed by atoms with Crippen LogP contribution in [0.3, 0.4) is 0 Å². The molecule has 0 N–H and O–H groups in total. The van der Waals surface area contributed by atoms with Crippen molar-refractivity contribution in [1.82, 2.24) is 0 Å². The smallest absolute Gasteiger partial charge is 0.0714 e. The van der Waals surface area contributed by atoms with Gasteiger partial charge in [0, 0.05) is 4.83 Å². The zero-order valence-corrected chi connectivity index (χ0v) is 17.4. The van der Waals surface area contributed by atoms with E-state index in [1.807, 2.05) is 0 Å². The minimum atomic E-state index is 0.357. The van der Waals surface area contributed by atoms with E-state index < -0.39 is 0 Å². The first kappa shape index (κ1) is 19.5. The molecule has 1 aromatic carbocycles. The normalized spacial score (nSPS) is 28.0. The van der Waals surface area contributed by atoms with Crippen molar-refractivity contribution in [3.05, 3.63) is 35.9 Å². The number of hydrogen-bond donors (Lipinski definition) is 0. The van der Waals surface area contributed by atoms with Gasteiger partial charge in [0.2, 0.25) is 0 Å². The maximum absolute atomic E-state index is 6.42. The van der Waals surface area contributed by atoms with E-state index >= 15 is 0 Å². The average Bonchev–Trinajstić information content (AvgIpc) is 2.57. The molecule has 3 heteroatoms. The molecule has 130 valence electrons. The van der Waals surface area contributed by atoms with E-state index in [0.717, 1.165) is 19.3 Å². The van der Waals surface area contributed by atoms with E-state index in [9.17, 15) is 0 Å². The Morgan fingerprint density at radius 1 is 1.00 bits per heavy atom. The van der Waals surface area contributed by atoms with E-state index in [2.05, 4.69) is 69.1 Å². The topological polar surface area (TPSA) is 9.23 Å². The first-order valence-corrected chi connectivity index (χ1v) is 11.0. The number of aryl methyl sites for hydroxylation is 1. The minimum Gasteiger partial charge on any atom is -0.374 e. The van der Waals surface area contributed by atoms with Crippen molar-refractivity contribution in [2.45, 2.75) is 86.6 Å². The highest BCUT2D eigenvalue weighted by atomic mass is 79.9. The predicted molar refractivity (Wildman–Crippen MR) is 107 cm³/mol. The number of rotatable bonds is 9. The monoisotopic (exact) mass is 444 g/mol. The lowest BCUT2D eigenvalue weighted by molar-refractivity contribution is -0.0482. The van der Waals surface area contributed by atoms with Crippen molar-refractivity contribution in [2.24, 2.45) is 0 Å². The zero-order valence-electron chi connectivity index (χ0n) is 14.2. The first-order chi connectivity index (χ1) is 11.2. The molecule has 0 amide bonds. The van der Waals surface area contributed by atoms with E-state index in [1.54, 1.807) is 0 Å². The Kier molecular flexibility index (Phi) is 9.22. The van der Waals surface area contributed by atoms with Crippen molar-refractivity contribution < 1.29 is 4.74 Å². The van der Waals surface area contributed by atoms with Crippen LogP contribution in [-0.2, 0) is 11.2 Å². The summed E-state index contributed by atoms with van der Waals surface area (Å²) < 4.78 is 6.42. The lowest BCUT2D eigenvalue weighted by atomic mass is 9.96. The Morgan fingerprint density at radius 2 is 1.74 bits per heavy atom. The summed E-state index contributed by atoms with van der Waals surface area (Å²) in [5.41, 5.74) is 1.42. The summed E-state index contributed by atoms with van der Waals surface area (Å²) in [7, 11) is 0. The quantitative estimate of drug-likeness (QED) is 0.304. The highest BCUT2D eigenvalue weighted by molar-refractivity contribution is 9.12. The zero-order chi connectivity index (χ0) is 16.5. The molecule has 0 bridgehead atoms. The largest absolute Gasteiger partial charge is 0.374 e. The molecule has 1 aliphatic heterocycles. The van der Waals surface area contributed by atoms with Crippen LogP contribution in [0.1, 0.15) is 63.9 Å². The van der Waals surface area contributed by atoms with Crippen molar-refractivity contribution in [3.63, 3.8) is 0 Å². The third-order valence-electron chi connectivity index (χ3n) is 4.75. The second-order valence-electron chi connectivity index (χ2n) is 6.72. The third-order valence-corrected chi connectivity index (χ3v) is 7.63. The number of benzene rings is 1. The SMILES string of the molecule is CCCCCCC[C@H]1O[C@@H](CCc2ccccc2)C[C@@H](Br)[C@@H]1Br. The van der Waals surface area contributed by atoms with Crippen LogP contribution >= 0.6 is 31.9 Å². The lowest BCUT2D eigenvalue weighted by Crippen LogP contribution is -2.42. The molecular formula is C20H30Br2O. The number of hydrogen-bond acceptors (Lipinski definition) is 1. The molecule has 1 heterocycles. The van der Waals surface area contributed by atoms with E-state index in [-0.39, 0.29) is 0 Å². The molecule has 0 aliphatic carbocycles. The number of halogens is 2. The van der Waals surface area contributed by atoms with Crippen molar-refractivity contribution in [2.75, 3.05) is 0 Å². The van der Waals surface area contributed by atoms with Crippen molar-refractivity contribution >= 4 is 31.9 Å². The van der Waals surface area contributed by atoms with Gasteiger partial charge < -0.3 is 4.74 Å². The predicted octanol–water partition coefficient (Wildman–Crippen LogP) is 6.66. The Labute approximate surface area is 158 Å². The molecule has 0 radical (unpaired) electrons. The number of alkyl halides is 2. The van der Waals surface area contributed by atoms with Gasteiger partial charge >= 0.3 is 0 Å². The van der Waals surface area contributed by atoms with Crippen LogP contribution in [0.25, 0.3) is 0 Å². The summed E-state index contributed by atoms with van der Waals surface area (Å²) in [5.74, 6) is 0. The van der Waals surface area contributed by atoms with Gasteiger partial charge in [0.1, 0.15) is 0 Å². The van der Waals surface area contributed by atoms with Gasteiger partial charge in [-0.1, -0.05) is 101 Å². The van der Waals surface area contributed by atoms with Crippen LogP contribution in [-0.4, -0.2) is 21.9 Å². The van der Waals surface area contributed by atoms with E-state index in [4.69, 9.17) is 4.74 Å². The van der Waals surface area contributed by atoms with E-state index in [0.29, 0.717) is 21.9 Å². The van der Waals surface area contributed by atoms with Crippen molar-refractivity contribution in [1.29, 1.82) is 0 Å². The molecular weight excluding hydrogens is 416 g/mol. The molecule has 0 aromatic heterocycles. The van der Waals surface area contributed by atoms with Gasteiger partial charge in [-0.05, 0) is 31.2 Å². The molecule has 0 saturated carbocycles. The highest BCUT2D eigenvalue weighted by Gasteiger charge is 2.35. The Hall–Kier alpha value is 0.140. The Balaban J connectivity index is 1.76. The van der Waals surface area contributed by atoms with Crippen LogP contribution in [0, 0.1) is 0 Å². The number of unbranched alkanes of at least 4 members (excludes halogenated alkanes) is 4. The van der Waals surface area contributed by atoms with Gasteiger partial charge in [0.05, 0.1) is 17.0 Å². The van der Waals surface area contributed by atoms with Crippen LogP contribution in [0.2, 0.25) is 0 Å². The summed E-state index contributed by atoms with van der Waals surface area (Å²) in [5, 5.41) is 0. The van der Waals surface area contributed by atoms with E-state index in [1.165, 1.54) is 44.1 Å². The summed E-state index contributed by atoms with van der Waals surface area (Å²) in [4.78, 5) is 0.972. The summed E-state index contributed by atoms with van der Waals surface area (Å²) in [6.45, 7) is 2.27. The Morgan fingerprint density at radius 3 is 2.48 bits per heavy atom. The summed E-state index contributed by atoms with van der Waals surface area (Å²) >= 11 is 7.72. The molecule has 1 nitrogen and oxygen atoms in total. The molecule has 1 fully saturated rings. The maximum atomic E-state index is 6.42. The van der Waals surface area contributed by atoms with Gasteiger partial charge in [-0.2, -0.15) is 0 Å². The molecule has 1 aliphatic rings. The molecule has 1 saturated heterocycles. The first-order valence-electron chi connectivity index (χ1n) is 9.18. The molecule has 0 unspecified atom stereocenters. The molecule has 0 spiro atoms. The van der Waals surface area contributed by atoms with Gasteiger partial charge in [0.25, 0.3) is 0 Å². The Bertz CT molecular complexity index is 423. The van der Waals surface area contributed by atoms with Crippen LogP contribution in [0.5, 0.6) is 0 Å². The minimum absolute atomic E-state index is 0.357. The van der Waals surface area contributed by atoms with Crippen LogP contribution in [0.4, 0.5) is 0 Å². The van der Waals surface area contributed by atoms with Crippen molar-refractivity contribution in [3.8, 4) is 0 Å².